The molecule has 2 N–H and O–H groups in total. The molecule has 3 aromatic heterocycles. The van der Waals surface area contributed by atoms with Crippen LogP contribution in [0, 0.1) is 5.41 Å². The van der Waals surface area contributed by atoms with Gasteiger partial charge in [0.15, 0.2) is 5.84 Å². The Balaban J connectivity index is 1.10. The van der Waals surface area contributed by atoms with E-state index in [0.717, 1.165) is 97.6 Å². The number of ether oxygens (including phenoxy) is 1. The summed E-state index contributed by atoms with van der Waals surface area (Å²) in [6, 6.07) is 4.34. The monoisotopic (exact) mass is 499 g/mol. The van der Waals surface area contributed by atoms with E-state index in [1.807, 2.05) is 25.6 Å². The number of hydrogen-bond donors (Lipinski definition) is 1. The second-order valence-electron chi connectivity index (χ2n) is 10.9. The first-order valence-corrected chi connectivity index (χ1v) is 13.3. The Morgan fingerprint density at radius 3 is 2.70 bits per heavy atom. The van der Waals surface area contributed by atoms with Gasteiger partial charge in [-0.1, -0.05) is 0 Å². The molecule has 7 rings (SSSR count). The van der Waals surface area contributed by atoms with E-state index in [2.05, 4.69) is 34.0 Å². The zero-order valence-electron chi connectivity index (χ0n) is 21.5. The Labute approximate surface area is 216 Å². The summed E-state index contributed by atoms with van der Waals surface area (Å²) in [7, 11) is 1.92. The number of fused-ring (bicyclic) bond motifs is 2. The van der Waals surface area contributed by atoms with Crippen molar-refractivity contribution in [1.82, 2.24) is 24.7 Å². The molecule has 0 saturated carbocycles. The van der Waals surface area contributed by atoms with Crippen LogP contribution < -0.4 is 15.5 Å². The first-order valence-electron chi connectivity index (χ1n) is 13.3. The summed E-state index contributed by atoms with van der Waals surface area (Å²) in [5, 5.41) is 4.29. The van der Waals surface area contributed by atoms with Crippen LogP contribution in [0.1, 0.15) is 43.3 Å². The maximum absolute atomic E-state index is 6.51. The van der Waals surface area contributed by atoms with E-state index in [1.165, 1.54) is 0 Å². The van der Waals surface area contributed by atoms with Gasteiger partial charge in [0.25, 0.3) is 0 Å². The maximum atomic E-state index is 6.51. The molecule has 10 nitrogen and oxygen atoms in total. The van der Waals surface area contributed by atoms with Crippen LogP contribution in [0.25, 0.3) is 11.3 Å². The molecule has 37 heavy (non-hydrogen) atoms. The highest BCUT2D eigenvalue weighted by Gasteiger charge is 2.47. The minimum atomic E-state index is 0.100. The van der Waals surface area contributed by atoms with Crippen LogP contribution in [-0.2, 0) is 24.8 Å². The summed E-state index contributed by atoms with van der Waals surface area (Å²) in [4.78, 5) is 24.4. The smallest absolute Gasteiger partial charge is 0.156 e. The predicted molar refractivity (Wildman–Crippen MR) is 142 cm³/mol. The van der Waals surface area contributed by atoms with Crippen LogP contribution in [0.2, 0.25) is 0 Å². The number of rotatable bonds is 2. The lowest BCUT2D eigenvalue weighted by molar-refractivity contribution is 0.0974. The second-order valence-corrected chi connectivity index (χ2v) is 10.9. The molecular formula is C27H33N9O. The molecule has 10 heteroatoms. The zero-order valence-corrected chi connectivity index (χ0v) is 21.5. The Hall–Kier alpha value is -3.37. The third-order valence-electron chi connectivity index (χ3n) is 8.64. The quantitative estimate of drug-likeness (QED) is 0.572. The molecule has 2 atom stereocenters. The van der Waals surface area contributed by atoms with Crippen LogP contribution >= 0.6 is 0 Å². The number of aliphatic imine (C=N–C) groups is 1. The molecule has 7 heterocycles. The Kier molecular flexibility index (Phi) is 5.30. The van der Waals surface area contributed by atoms with Gasteiger partial charge in [-0.25, -0.2) is 9.97 Å². The third kappa shape index (κ3) is 3.73. The van der Waals surface area contributed by atoms with E-state index in [9.17, 15) is 0 Å². The summed E-state index contributed by atoms with van der Waals surface area (Å²) >= 11 is 0. The van der Waals surface area contributed by atoms with Crippen LogP contribution in [0.5, 0.6) is 0 Å². The molecular weight excluding hydrogens is 466 g/mol. The molecule has 4 aliphatic rings. The molecule has 192 valence electrons. The van der Waals surface area contributed by atoms with Gasteiger partial charge >= 0.3 is 0 Å². The SMILES string of the molecule is C[C@@H]1OCC2(CCN(c3cnc4c(n3)CN=C4N3CCCc4nc(-c5cnn(C)c5)ccc43)CC2)[C@@H]1N. The number of nitrogens with two attached hydrogens (primary N) is 1. The molecule has 0 aromatic carbocycles. The van der Waals surface area contributed by atoms with Crippen LogP contribution in [0.3, 0.4) is 0 Å². The first-order chi connectivity index (χ1) is 18.0. The standard InChI is InChI=1S/C27H33N9O/c1-17-25(28)27(16-37-17)7-10-35(11-8-27)23-14-29-24-21(33-23)13-30-26(24)36-9-3-4-20-22(36)6-5-19(32-20)18-12-31-34(2)15-18/h5-6,12,14-15,17,25H,3-4,7-11,13,16,28H2,1-2H3/t17-,25+/m0/s1. The van der Waals surface area contributed by atoms with Crippen molar-refractivity contribution in [3.05, 3.63) is 47.8 Å². The van der Waals surface area contributed by atoms with Gasteiger partial charge in [0.05, 0.1) is 54.4 Å². The number of aryl methyl sites for hydroxylation is 2. The van der Waals surface area contributed by atoms with E-state index < -0.39 is 0 Å². The number of nitrogens with zero attached hydrogens (tertiary/aromatic N) is 8. The van der Waals surface area contributed by atoms with Crippen molar-refractivity contribution in [3.8, 4) is 11.3 Å². The van der Waals surface area contributed by atoms with Crippen molar-refractivity contribution in [2.75, 3.05) is 36.0 Å². The van der Waals surface area contributed by atoms with Gasteiger partial charge in [-0.05, 0) is 44.7 Å². The van der Waals surface area contributed by atoms with E-state index in [0.29, 0.717) is 6.54 Å². The van der Waals surface area contributed by atoms with Crippen molar-refractivity contribution >= 4 is 17.3 Å². The van der Waals surface area contributed by atoms with Gasteiger partial charge in [-0.15, -0.1) is 0 Å². The molecule has 2 saturated heterocycles. The lowest BCUT2D eigenvalue weighted by atomic mass is 9.73. The fraction of sp³-hybridized carbons (Fsp3) is 0.519. The van der Waals surface area contributed by atoms with E-state index in [4.69, 9.17) is 30.4 Å². The van der Waals surface area contributed by atoms with Gasteiger partial charge in [0, 0.05) is 49.9 Å². The van der Waals surface area contributed by atoms with Crippen LogP contribution in [-0.4, -0.2) is 69.0 Å². The average Bonchev–Trinajstić information content (AvgIpc) is 3.63. The number of pyridine rings is 1. The van der Waals surface area contributed by atoms with Crippen molar-refractivity contribution in [3.63, 3.8) is 0 Å². The first kappa shape index (κ1) is 22.8. The van der Waals surface area contributed by atoms with Crippen LogP contribution in [0.15, 0.2) is 35.7 Å². The molecule has 0 unspecified atom stereocenters. The third-order valence-corrected chi connectivity index (χ3v) is 8.64. The second kappa shape index (κ2) is 8.59. The molecule has 4 aliphatic heterocycles. The summed E-state index contributed by atoms with van der Waals surface area (Å²) < 4.78 is 7.69. The predicted octanol–water partition coefficient (Wildman–Crippen LogP) is 2.32. The minimum Gasteiger partial charge on any atom is -0.376 e. The number of amidine groups is 1. The van der Waals surface area contributed by atoms with Crippen molar-refractivity contribution in [2.24, 2.45) is 23.2 Å². The molecule has 2 fully saturated rings. The number of anilines is 2. The van der Waals surface area contributed by atoms with E-state index in [-0.39, 0.29) is 17.6 Å². The number of aromatic nitrogens is 5. The summed E-state index contributed by atoms with van der Waals surface area (Å²) in [5.41, 5.74) is 12.6. The zero-order chi connectivity index (χ0) is 25.1. The van der Waals surface area contributed by atoms with Crippen LogP contribution in [0.4, 0.5) is 11.5 Å². The lowest BCUT2D eigenvalue weighted by Crippen LogP contribution is -2.50. The molecule has 0 bridgehead atoms. The summed E-state index contributed by atoms with van der Waals surface area (Å²) in [6.07, 6.45) is 9.94. The summed E-state index contributed by atoms with van der Waals surface area (Å²) in [6.45, 7) is 6.17. The Bertz CT molecular complexity index is 1370. The summed E-state index contributed by atoms with van der Waals surface area (Å²) in [5.74, 6) is 1.85. The van der Waals surface area contributed by atoms with Gasteiger partial charge < -0.3 is 20.3 Å². The molecule has 0 aliphatic carbocycles. The molecule has 0 radical (unpaired) electrons. The highest BCUT2D eigenvalue weighted by atomic mass is 16.5. The largest absolute Gasteiger partial charge is 0.376 e. The highest BCUT2D eigenvalue weighted by Crippen LogP contribution is 2.42. The van der Waals surface area contributed by atoms with Gasteiger partial charge in [-0.2, -0.15) is 5.10 Å². The van der Waals surface area contributed by atoms with E-state index >= 15 is 0 Å². The molecule has 1 spiro atoms. The normalized spacial score (nSPS) is 24.4. The van der Waals surface area contributed by atoms with Crippen molar-refractivity contribution < 1.29 is 4.74 Å². The average molecular weight is 500 g/mol. The minimum absolute atomic E-state index is 0.100. The van der Waals surface area contributed by atoms with Crippen molar-refractivity contribution in [2.45, 2.75) is 51.3 Å². The fourth-order valence-corrected chi connectivity index (χ4v) is 6.34. The number of hydrogen-bond acceptors (Lipinski definition) is 9. The Morgan fingerprint density at radius 2 is 1.95 bits per heavy atom. The fourth-order valence-electron chi connectivity index (χ4n) is 6.34. The highest BCUT2D eigenvalue weighted by molar-refractivity contribution is 6.11. The lowest BCUT2D eigenvalue weighted by Gasteiger charge is -2.41. The number of piperidine rings is 1. The molecule has 3 aromatic rings. The molecule has 0 amide bonds. The maximum Gasteiger partial charge on any atom is 0.156 e. The topological polar surface area (TPSA) is 111 Å². The van der Waals surface area contributed by atoms with E-state index in [1.54, 1.807) is 4.68 Å². The van der Waals surface area contributed by atoms with Crippen molar-refractivity contribution in [1.29, 1.82) is 0 Å². The van der Waals surface area contributed by atoms with Gasteiger partial charge in [0.2, 0.25) is 0 Å². The van der Waals surface area contributed by atoms with Gasteiger partial charge in [0.1, 0.15) is 11.5 Å². The Morgan fingerprint density at radius 1 is 1.08 bits per heavy atom. The van der Waals surface area contributed by atoms with Gasteiger partial charge in [-0.3, -0.25) is 14.7 Å².